The monoisotopic (exact) mass is 358 g/mol. The molecule has 0 unspecified atom stereocenters. The lowest BCUT2D eigenvalue weighted by atomic mass is 9.53. The Kier molecular flexibility index (Phi) is 4.82. The molecule has 0 aliphatic heterocycles. The van der Waals surface area contributed by atoms with Crippen LogP contribution >= 0.6 is 0 Å². The van der Waals surface area contributed by atoms with Crippen molar-refractivity contribution in [3.05, 3.63) is 29.8 Å². The molecule has 5 nitrogen and oxygen atoms in total. The fourth-order valence-corrected chi connectivity index (χ4v) is 5.91. The molecule has 0 aromatic heterocycles. The fourth-order valence-electron chi connectivity index (χ4n) is 5.91. The van der Waals surface area contributed by atoms with E-state index in [0.717, 1.165) is 48.3 Å². The summed E-state index contributed by atoms with van der Waals surface area (Å²) in [5.41, 5.74) is 1.04. The molecule has 1 aromatic rings. The summed E-state index contributed by atoms with van der Waals surface area (Å²) in [6.45, 7) is 0.446. The molecule has 26 heavy (non-hydrogen) atoms. The molecule has 4 saturated carbocycles. The van der Waals surface area contributed by atoms with Crippen molar-refractivity contribution in [3.8, 4) is 5.75 Å². The maximum Gasteiger partial charge on any atom is 0.315 e. The quantitative estimate of drug-likeness (QED) is 0.816. The molecular formula is C21H30N2O3. The second-order valence-corrected chi connectivity index (χ2v) is 8.53. The number of rotatable bonds is 6. The third kappa shape index (κ3) is 3.54. The van der Waals surface area contributed by atoms with E-state index in [1.165, 1.54) is 19.3 Å². The third-order valence-corrected chi connectivity index (χ3v) is 6.62. The van der Waals surface area contributed by atoms with Gasteiger partial charge in [-0.05, 0) is 74.0 Å². The third-order valence-electron chi connectivity index (χ3n) is 6.62. The Balaban J connectivity index is 1.34. The molecule has 4 fully saturated rings. The van der Waals surface area contributed by atoms with Gasteiger partial charge in [0.2, 0.25) is 0 Å². The Morgan fingerprint density at radius 2 is 1.81 bits per heavy atom. The highest BCUT2D eigenvalue weighted by atomic mass is 16.5. The average molecular weight is 358 g/mol. The van der Waals surface area contributed by atoms with E-state index in [1.807, 2.05) is 24.3 Å². The summed E-state index contributed by atoms with van der Waals surface area (Å²) in [5.74, 6) is 3.27. The molecule has 1 atom stereocenters. The van der Waals surface area contributed by atoms with E-state index in [2.05, 4.69) is 10.6 Å². The first kappa shape index (κ1) is 17.7. The number of nitrogens with one attached hydrogen (secondary N) is 2. The Bertz CT molecular complexity index is 625. The van der Waals surface area contributed by atoms with E-state index in [1.54, 1.807) is 14.2 Å². The number of carbonyl (C=O) groups excluding carboxylic acids is 1. The van der Waals surface area contributed by atoms with E-state index >= 15 is 0 Å². The highest BCUT2D eigenvalue weighted by Crippen LogP contribution is 2.55. The van der Waals surface area contributed by atoms with Crippen LogP contribution in [-0.4, -0.2) is 32.3 Å². The predicted molar refractivity (Wildman–Crippen MR) is 100 cm³/mol. The molecule has 4 bridgehead atoms. The Hall–Kier alpha value is -1.75. The summed E-state index contributed by atoms with van der Waals surface area (Å²) in [5, 5.41) is 6.38. The standard InChI is InChI=1S/C21H30N2O3/c1-25-18-5-3-4-17(9-18)19(26-2)13-22-20(24)23-21-10-14-6-15(11-21)8-16(7-14)12-21/h3-5,9,14-16,19H,6-8,10-13H2,1-2H3,(H2,22,23,24)/t14?,15?,16?,19-,21?/m1/s1. The molecule has 0 spiro atoms. The summed E-state index contributed by atoms with van der Waals surface area (Å²) in [6.07, 6.45) is 7.44. The van der Waals surface area contributed by atoms with Gasteiger partial charge in [-0.1, -0.05) is 12.1 Å². The van der Waals surface area contributed by atoms with E-state index < -0.39 is 0 Å². The van der Waals surface area contributed by atoms with Gasteiger partial charge in [0.1, 0.15) is 5.75 Å². The minimum Gasteiger partial charge on any atom is -0.497 e. The van der Waals surface area contributed by atoms with Crippen LogP contribution in [0.4, 0.5) is 4.79 Å². The first-order valence-corrected chi connectivity index (χ1v) is 9.82. The summed E-state index contributed by atoms with van der Waals surface area (Å²) in [7, 11) is 3.32. The average Bonchev–Trinajstić information content (AvgIpc) is 2.61. The van der Waals surface area contributed by atoms with Gasteiger partial charge in [0.15, 0.2) is 0 Å². The minimum atomic E-state index is -0.188. The second-order valence-electron chi connectivity index (χ2n) is 8.53. The van der Waals surface area contributed by atoms with Gasteiger partial charge >= 0.3 is 6.03 Å². The molecule has 1 aromatic carbocycles. The van der Waals surface area contributed by atoms with Crippen LogP contribution in [0.5, 0.6) is 5.75 Å². The summed E-state index contributed by atoms with van der Waals surface area (Å²) < 4.78 is 10.9. The molecule has 5 heteroatoms. The zero-order valence-corrected chi connectivity index (χ0v) is 15.8. The van der Waals surface area contributed by atoms with E-state index in [0.29, 0.717) is 6.54 Å². The lowest BCUT2D eigenvalue weighted by molar-refractivity contribution is -0.0137. The van der Waals surface area contributed by atoms with Gasteiger partial charge in [-0.25, -0.2) is 4.79 Å². The lowest BCUT2D eigenvalue weighted by Gasteiger charge is -2.56. The number of urea groups is 1. The second kappa shape index (κ2) is 7.10. The molecular weight excluding hydrogens is 328 g/mol. The van der Waals surface area contributed by atoms with Crippen LogP contribution in [0.15, 0.2) is 24.3 Å². The molecule has 142 valence electrons. The Morgan fingerprint density at radius 3 is 2.38 bits per heavy atom. The molecule has 4 aliphatic carbocycles. The molecule has 2 amide bonds. The van der Waals surface area contributed by atoms with Crippen LogP contribution in [0.2, 0.25) is 0 Å². The van der Waals surface area contributed by atoms with Crippen molar-refractivity contribution in [2.75, 3.05) is 20.8 Å². The zero-order chi connectivity index (χ0) is 18.1. The molecule has 2 N–H and O–H groups in total. The van der Waals surface area contributed by atoms with Crippen molar-refractivity contribution in [2.24, 2.45) is 17.8 Å². The maximum atomic E-state index is 12.6. The number of ether oxygens (including phenoxy) is 2. The normalized spacial score (nSPS) is 32.9. The van der Waals surface area contributed by atoms with Crippen LogP contribution in [0.1, 0.15) is 50.2 Å². The first-order valence-electron chi connectivity index (χ1n) is 9.82. The fraction of sp³-hybridized carbons (Fsp3) is 0.667. The Labute approximate surface area is 155 Å². The first-order chi connectivity index (χ1) is 12.6. The lowest BCUT2D eigenvalue weighted by Crippen LogP contribution is -2.61. The van der Waals surface area contributed by atoms with Crippen molar-refractivity contribution in [3.63, 3.8) is 0 Å². The van der Waals surface area contributed by atoms with Crippen LogP contribution in [0.3, 0.4) is 0 Å². The number of amides is 2. The van der Waals surface area contributed by atoms with Crippen molar-refractivity contribution in [1.82, 2.24) is 10.6 Å². The van der Waals surface area contributed by atoms with E-state index in [4.69, 9.17) is 9.47 Å². The molecule has 5 rings (SSSR count). The van der Waals surface area contributed by atoms with E-state index in [9.17, 15) is 4.79 Å². The largest absolute Gasteiger partial charge is 0.497 e. The van der Waals surface area contributed by atoms with Gasteiger partial charge in [-0.2, -0.15) is 0 Å². The van der Waals surface area contributed by atoms with Crippen molar-refractivity contribution < 1.29 is 14.3 Å². The molecule has 0 radical (unpaired) electrons. The molecule has 0 heterocycles. The summed E-state index contributed by atoms with van der Waals surface area (Å²) in [6, 6.07) is 7.73. The number of hydrogen-bond acceptors (Lipinski definition) is 3. The maximum absolute atomic E-state index is 12.6. The zero-order valence-electron chi connectivity index (χ0n) is 15.8. The number of benzene rings is 1. The van der Waals surface area contributed by atoms with Crippen LogP contribution in [0, 0.1) is 17.8 Å². The van der Waals surface area contributed by atoms with Crippen molar-refractivity contribution in [2.45, 2.75) is 50.2 Å². The Morgan fingerprint density at radius 1 is 1.15 bits per heavy atom. The van der Waals surface area contributed by atoms with Crippen molar-refractivity contribution in [1.29, 1.82) is 0 Å². The van der Waals surface area contributed by atoms with Gasteiger partial charge in [0.05, 0.1) is 13.2 Å². The van der Waals surface area contributed by atoms with Gasteiger partial charge < -0.3 is 20.1 Å². The summed E-state index contributed by atoms with van der Waals surface area (Å²) >= 11 is 0. The molecule has 4 aliphatic rings. The predicted octanol–water partition coefficient (Wildman–Crippen LogP) is 3.65. The highest BCUT2D eigenvalue weighted by Gasteiger charge is 2.51. The van der Waals surface area contributed by atoms with Gasteiger partial charge in [-0.15, -0.1) is 0 Å². The van der Waals surface area contributed by atoms with Gasteiger partial charge in [0.25, 0.3) is 0 Å². The topological polar surface area (TPSA) is 59.6 Å². The number of carbonyl (C=O) groups is 1. The SMILES string of the molecule is COc1cccc([C@@H](CNC(=O)NC23CC4CC(CC(C4)C2)C3)OC)c1. The van der Waals surface area contributed by atoms with Crippen LogP contribution in [0.25, 0.3) is 0 Å². The van der Waals surface area contributed by atoms with Gasteiger partial charge in [0, 0.05) is 19.2 Å². The highest BCUT2D eigenvalue weighted by molar-refractivity contribution is 5.75. The van der Waals surface area contributed by atoms with Crippen LogP contribution in [-0.2, 0) is 4.74 Å². The van der Waals surface area contributed by atoms with Gasteiger partial charge in [-0.3, -0.25) is 0 Å². The minimum absolute atomic E-state index is 0.0391. The molecule has 0 saturated heterocycles. The number of hydrogen-bond donors (Lipinski definition) is 2. The smallest absolute Gasteiger partial charge is 0.315 e. The van der Waals surface area contributed by atoms with E-state index in [-0.39, 0.29) is 17.7 Å². The van der Waals surface area contributed by atoms with Crippen LogP contribution < -0.4 is 15.4 Å². The number of methoxy groups -OCH3 is 2. The summed E-state index contributed by atoms with van der Waals surface area (Å²) in [4.78, 5) is 12.6. The van der Waals surface area contributed by atoms with Crippen molar-refractivity contribution >= 4 is 6.03 Å².